The van der Waals surface area contributed by atoms with Crippen LogP contribution < -0.4 is 10.2 Å². The summed E-state index contributed by atoms with van der Waals surface area (Å²) < 4.78 is 6.08. The van der Waals surface area contributed by atoms with Crippen molar-refractivity contribution in [3.8, 4) is 5.75 Å². The van der Waals surface area contributed by atoms with Crippen LogP contribution in [0.5, 0.6) is 5.75 Å². The summed E-state index contributed by atoms with van der Waals surface area (Å²) >= 11 is 4.96. The van der Waals surface area contributed by atoms with Crippen LogP contribution in [0.25, 0.3) is 0 Å². The molecule has 0 bridgehead atoms. The van der Waals surface area contributed by atoms with Gasteiger partial charge in [-0.1, -0.05) is 0 Å². The normalized spacial score (nSPS) is 11.2. The lowest BCUT2D eigenvalue weighted by Crippen LogP contribution is -2.19. The molecule has 6 heteroatoms. The monoisotopic (exact) mass is 352 g/mol. The van der Waals surface area contributed by atoms with E-state index in [4.69, 9.17) is 4.74 Å². The minimum Gasteiger partial charge on any atom is -0.497 e. The standard InChI is InChI=1S/C14H13BrN2O2S/c1-9(12-7-8-13(15)20-12)16-17-14(18)10-3-5-11(19-2)6-4-10/h3-8H,1-2H3,(H,17,18). The largest absolute Gasteiger partial charge is 0.497 e. The van der Waals surface area contributed by atoms with Crippen LogP contribution >= 0.6 is 27.3 Å². The Hall–Kier alpha value is -1.66. The number of nitrogens with zero attached hydrogens (tertiary/aromatic N) is 1. The van der Waals surface area contributed by atoms with E-state index < -0.39 is 0 Å². The Kier molecular flexibility index (Phi) is 4.92. The fourth-order valence-corrected chi connectivity index (χ4v) is 2.84. The summed E-state index contributed by atoms with van der Waals surface area (Å²) in [4.78, 5) is 12.9. The van der Waals surface area contributed by atoms with Crippen LogP contribution in [0, 0.1) is 0 Å². The van der Waals surface area contributed by atoms with E-state index in [0.717, 1.165) is 14.4 Å². The zero-order valence-electron chi connectivity index (χ0n) is 11.0. The molecule has 0 spiro atoms. The number of ether oxygens (including phenoxy) is 1. The SMILES string of the molecule is COc1ccc(C(=O)NN=C(C)c2ccc(Br)s2)cc1. The van der Waals surface area contributed by atoms with E-state index in [2.05, 4.69) is 26.5 Å². The Bertz CT molecular complexity index is 635. The first kappa shape index (κ1) is 14.7. The molecule has 1 aromatic heterocycles. The van der Waals surface area contributed by atoms with Gasteiger partial charge in [-0.15, -0.1) is 11.3 Å². The third-order valence-corrected chi connectivity index (χ3v) is 4.34. The molecule has 1 heterocycles. The van der Waals surface area contributed by atoms with Crippen molar-refractivity contribution in [2.75, 3.05) is 7.11 Å². The lowest BCUT2D eigenvalue weighted by atomic mass is 10.2. The third kappa shape index (κ3) is 3.68. The van der Waals surface area contributed by atoms with Crippen molar-refractivity contribution in [3.05, 3.63) is 50.6 Å². The predicted octanol–water partition coefficient (Wildman–Crippen LogP) is 3.67. The quantitative estimate of drug-likeness (QED) is 0.674. The minimum absolute atomic E-state index is 0.248. The number of hydrazone groups is 1. The maximum Gasteiger partial charge on any atom is 0.271 e. The second-order valence-electron chi connectivity index (χ2n) is 3.97. The Balaban J connectivity index is 2.03. The van der Waals surface area contributed by atoms with Gasteiger partial charge in [0.25, 0.3) is 5.91 Å². The van der Waals surface area contributed by atoms with Crippen LogP contribution in [0.15, 0.2) is 45.3 Å². The Morgan fingerprint density at radius 1 is 1.25 bits per heavy atom. The average molecular weight is 353 g/mol. The molecular formula is C14H13BrN2O2S. The molecule has 1 aromatic carbocycles. The molecule has 20 heavy (non-hydrogen) atoms. The summed E-state index contributed by atoms with van der Waals surface area (Å²) in [5.41, 5.74) is 3.85. The first-order valence-corrected chi connectivity index (χ1v) is 7.45. The number of rotatable bonds is 4. The van der Waals surface area contributed by atoms with Gasteiger partial charge in [0.1, 0.15) is 5.75 Å². The van der Waals surface area contributed by atoms with E-state index in [-0.39, 0.29) is 5.91 Å². The summed E-state index contributed by atoms with van der Waals surface area (Å²) in [7, 11) is 1.59. The molecule has 1 N–H and O–H groups in total. The highest BCUT2D eigenvalue weighted by Crippen LogP contribution is 2.22. The van der Waals surface area contributed by atoms with Crippen LogP contribution in [0.3, 0.4) is 0 Å². The van der Waals surface area contributed by atoms with Crippen molar-refractivity contribution in [2.24, 2.45) is 5.10 Å². The number of thiophene rings is 1. The molecule has 0 atom stereocenters. The lowest BCUT2D eigenvalue weighted by molar-refractivity contribution is 0.0955. The molecule has 0 unspecified atom stereocenters. The summed E-state index contributed by atoms with van der Waals surface area (Å²) in [5, 5.41) is 4.10. The topological polar surface area (TPSA) is 50.7 Å². The zero-order valence-corrected chi connectivity index (χ0v) is 13.4. The van der Waals surface area contributed by atoms with E-state index in [1.54, 1.807) is 42.7 Å². The van der Waals surface area contributed by atoms with Gasteiger partial charge >= 0.3 is 0 Å². The number of hydrogen-bond donors (Lipinski definition) is 1. The molecule has 0 saturated heterocycles. The average Bonchev–Trinajstić information content (AvgIpc) is 2.91. The lowest BCUT2D eigenvalue weighted by Gasteiger charge is -2.03. The first-order valence-electron chi connectivity index (χ1n) is 5.84. The third-order valence-electron chi connectivity index (χ3n) is 2.61. The van der Waals surface area contributed by atoms with Crippen molar-refractivity contribution in [2.45, 2.75) is 6.92 Å². The van der Waals surface area contributed by atoms with Gasteiger partial charge in [-0.25, -0.2) is 5.43 Å². The molecule has 0 radical (unpaired) electrons. The Labute approximate surface area is 129 Å². The molecule has 2 rings (SSSR count). The maximum absolute atomic E-state index is 11.9. The second-order valence-corrected chi connectivity index (χ2v) is 6.43. The highest BCUT2D eigenvalue weighted by Gasteiger charge is 2.06. The number of carbonyl (C=O) groups is 1. The molecule has 2 aromatic rings. The van der Waals surface area contributed by atoms with Crippen molar-refractivity contribution >= 4 is 38.9 Å². The molecule has 0 fully saturated rings. The minimum atomic E-state index is -0.248. The molecular weight excluding hydrogens is 340 g/mol. The predicted molar refractivity (Wildman–Crippen MR) is 84.7 cm³/mol. The second kappa shape index (κ2) is 6.67. The number of amides is 1. The number of hydrogen-bond acceptors (Lipinski definition) is 4. The van der Waals surface area contributed by atoms with Crippen LogP contribution in [-0.4, -0.2) is 18.7 Å². The van der Waals surface area contributed by atoms with Gasteiger partial charge in [0, 0.05) is 5.56 Å². The van der Waals surface area contributed by atoms with E-state index in [9.17, 15) is 4.79 Å². The van der Waals surface area contributed by atoms with Crippen LogP contribution in [0.1, 0.15) is 22.2 Å². The van der Waals surface area contributed by atoms with E-state index in [0.29, 0.717) is 11.3 Å². The van der Waals surface area contributed by atoms with E-state index in [1.165, 1.54) is 0 Å². The van der Waals surface area contributed by atoms with Crippen molar-refractivity contribution in [1.29, 1.82) is 0 Å². The fourth-order valence-electron chi connectivity index (χ4n) is 1.51. The molecule has 4 nitrogen and oxygen atoms in total. The van der Waals surface area contributed by atoms with E-state index in [1.807, 2.05) is 19.1 Å². The number of halogens is 1. The van der Waals surface area contributed by atoms with Gasteiger partial charge in [-0.3, -0.25) is 4.79 Å². The molecule has 104 valence electrons. The first-order chi connectivity index (χ1) is 9.60. The van der Waals surface area contributed by atoms with Gasteiger partial charge in [-0.05, 0) is 59.3 Å². The van der Waals surface area contributed by atoms with Gasteiger partial charge < -0.3 is 4.74 Å². The van der Waals surface area contributed by atoms with E-state index >= 15 is 0 Å². The molecule has 0 aliphatic heterocycles. The van der Waals surface area contributed by atoms with Gasteiger partial charge in [0.05, 0.1) is 21.5 Å². The fraction of sp³-hybridized carbons (Fsp3) is 0.143. The van der Waals surface area contributed by atoms with Crippen molar-refractivity contribution in [1.82, 2.24) is 5.43 Å². The molecule has 0 saturated carbocycles. The smallest absolute Gasteiger partial charge is 0.271 e. The van der Waals surface area contributed by atoms with Crippen molar-refractivity contribution in [3.63, 3.8) is 0 Å². The number of methoxy groups -OCH3 is 1. The number of carbonyl (C=O) groups excluding carboxylic acids is 1. The summed E-state index contributed by atoms with van der Waals surface area (Å²) in [5.74, 6) is 0.465. The highest BCUT2D eigenvalue weighted by molar-refractivity contribution is 9.11. The maximum atomic E-state index is 11.9. The summed E-state index contributed by atoms with van der Waals surface area (Å²) in [6, 6.07) is 10.8. The van der Waals surface area contributed by atoms with Gasteiger partial charge in [-0.2, -0.15) is 5.10 Å². The number of nitrogens with one attached hydrogen (secondary N) is 1. The zero-order chi connectivity index (χ0) is 14.5. The summed E-state index contributed by atoms with van der Waals surface area (Å²) in [6.45, 7) is 1.85. The highest BCUT2D eigenvalue weighted by atomic mass is 79.9. The number of benzene rings is 1. The molecule has 0 aliphatic rings. The summed E-state index contributed by atoms with van der Waals surface area (Å²) in [6.07, 6.45) is 0. The molecule has 0 aliphatic carbocycles. The van der Waals surface area contributed by atoms with Crippen molar-refractivity contribution < 1.29 is 9.53 Å². The Morgan fingerprint density at radius 2 is 1.95 bits per heavy atom. The van der Waals surface area contributed by atoms with Gasteiger partial charge in [0.2, 0.25) is 0 Å². The van der Waals surface area contributed by atoms with Crippen LogP contribution in [0.4, 0.5) is 0 Å². The van der Waals surface area contributed by atoms with Gasteiger partial charge in [0.15, 0.2) is 0 Å². The van der Waals surface area contributed by atoms with Crippen LogP contribution in [0.2, 0.25) is 0 Å². The Morgan fingerprint density at radius 3 is 2.50 bits per heavy atom. The van der Waals surface area contributed by atoms with Crippen LogP contribution in [-0.2, 0) is 0 Å². The molecule has 1 amide bonds.